The van der Waals surface area contributed by atoms with Crippen LogP contribution in [0.3, 0.4) is 0 Å². The van der Waals surface area contributed by atoms with Crippen molar-refractivity contribution in [2.45, 2.75) is 0 Å². The van der Waals surface area contributed by atoms with E-state index in [9.17, 15) is 4.79 Å². The molecule has 0 aliphatic carbocycles. The molecule has 0 saturated heterocycles. The maximum absolute atomic E-state index is 11.4. The lowest BCUT2D eigenvalue weighted by Crippen LogP contribution is -2.28. The standard InChI is InChI=1S/C9H13N5O/c10-9(11)14-5-4-13-8(15)7-2-1-3-12-6-7/h1-3,6H,4-5H2,(H,13,15)(H4,10,11,14). The minimum atomic E-state index is -0.186. The number of aromatic nitrogens is 1. The Morgan fingerprint density at radius 1 is 1.53 bits per heavy atom. The second-order valence-electron chi connectivity index (χ2n) is 2.80. The van der Waals surface area contributed by atoms with Gasteiger partial charge in [-0.2, -0.15) is 0 Å². The molecule has 0 aromatic carbocycles. The van der Waals surface area contributed by atoms with Crippen LogP contribution in [-0.4, -0.2) is 29.9 Å². The van der Waals surface area contributed by atoms with E-state index in [1.807, 2.05) is 0 Å². The molecule has 6 heteroatoms. The van der Waals surface area contributed by atoms with Crippen LogP contribution in [-0.2, 0) is 0 Å². The lowest BCUT2D eigenvalue weighted by Gasteiger charge is -2.02. The van der Waals surface area contributed by atoms with Crippen molar-refractivity contribution in [1.29, 1.82) is 0 Å². The van der Waals surface area contributed by atoms with Crippen LogP contribution < -0.4 is 16.8 Å². The van der Waals surface area contributed by atoms with Crippen LogP contribution in [0.5, 0.6) is 0 Å². The zero-order valence-corrected chi connectivity index (χ0v) is 8.18. The Balaban J connectivity index is 2.35. The molecular weight excluding hydrogens is 194 g/mol. The van der Waals surface area contributed by atoms with Crippen LogP contribution >= 0.6 is 0 Å². The van der Waals surface area contributed by atoms with Crippen molar-refractivity contribution in [2.75, 3.05) is 13.1 Å². The number of nitrogens with zero attached hydrogens (tertiary/aromatic N) is 2. The Labute approximate surface area is 87.4 Å². The van der Waals surface area contributed by atoms with Crippen molar-refractivity contribution < 1.29 is 4.79 Å². The number of hydrogen-bond donors (Lipinski definition) is 3. The second-order valence-corrected chi connectivity index (χ2v) is 2.80. The van der Waals surface area contributed by atoms with Gasteiger partial charge in [0.25, 0.3) is 5.91 Å². The van der Waals surface area contributed by atoms with Gasteiger partial charge in [0.15, 0.2) is 5.96 Å². The van der Waals surface area contributed by atoms with E-state index in [-0.39, 0.29) is 11.9 Å². The zero-order valence-electron chi connectivity index (χ0n) is 8.18. The summed E-state index contributed by atoms with van der Waals surface area (Å²) in [4.78, 5) is 19.0. The number of rotatable bonds is 4. The Bertz CT molecular complexity index is 345. The molecule has 0 saturated carbocycles. The van der Waals surface area contributed by atoms with E-state index in [4.69, 9.17) is 11.5 Å². The number of aliphatic imine (C=N–C) groups is 1. The Morgan fingerprint density at radius 2 is 2.33 bits per heavy atom. The average molecular weight is 207 g/mol. The molecule has 1 amide bonds. The molecule has 1 aromatic heterocycles. The van der Waals surface area contributed by atoms with Gasteiger partial charge < -0.3 is 16.8 Å². The van der Waals surface area contributed by atoms with Crippen molar-refractivity contribution >= 4 is 11.9 Å². The molecule has 0 fully saturated rings. The predicted molar refractivity (Wildman–Crippen MR) is 57.2 cm³/mol. The SMILES string of the molecule is NC(N)=NCCNC(=O)c1cccnc1. The number of guanidine groups is 1. The normalized spacial score (nSPS) is 9.33. The fourth-order valence-corrected chi connectivity index (χ4v) is 0.954. The van der Waals surface area contributed by atoms with Crippen molar-refractivity contribution in [1.82, 2.24) is 10.3 Å². The summed E-state index contributed by atoms with van der Waals surface area (Å²) in [5.41, 5.74) is 10.8. The summed E-state index contributed by atoms with van der Waals surface area (Å²) in [7, 11) is 0. The van der Waals surface area contributed by atoms with Gasteiger partial charge in [-0.3, -0.25) is 14.8 Å². The zero-order chi connectivity index (χ0) is 11.1. The molecule has 1 heterocycles. The number of carbonyl (C=O) groups is 1. The Hall–Kier alpha value is -2.11. The highest BCUT2D eigenvalue weighted by Crippen LogP contribution is 1.94. The van der Waals surface area contributed by atoms with E-state index < -0.39 is 0 Å². The summed E-state index contributed by atoms with van der Waals surface area (Å²) in [6.45, 7) is 0.764. The van der Waals surface area contributed by atoms with Crippen molar-refractivity contribution in [3.05, 3.63) is 30.1 Å². The number of pyridine rings is 1. The summed E-state index contributed by atoms with van der Waals surface area (Å²) < 4.78 is 0. The first-order valence-electron chi connectivity index (χ1n) is 4.44. The topological polar surface area (TPSA) is 106 Å². The van der Waals surface area contributed by atoms with E-state index in [2.05, 4.69) is 15.3 Å². The molecule has 0 radical (unpaired) electrons. The first kappa shape index (κ1) is 11.0. The molecule has 0 spiro atoms. The van der Waals surface area contributed by atoms with Gasteiger partial charge in [0.1, 0.15) is 0 Å². The first-order valence-corrected chi connectivity index (χ1v) is 4.44. The van der Waals surface area contributed by atoms with Crippen molar-refractivity contribution in [2.24, 2.45) is 16.5 Å². The maximum Gasteiger partial charge on any atom is 0.252 e. The highest BCUT2D eigenvalue weighted by molar-refractivity contribution is 5.93. The third kappa shape index (κ3) is 4.08. The molecule has 0 aliphatic rings. The summed E-state index contributed by atoms with van der Waals surface area (Å²) in [5.74, 6) is -0.167. The minimum absolute atomic E-state index is 0.0191. The van der Waals surface area contributed by atoms with Gasteiger partial charge in [-0.05, 0) is 12.1 Å². The number of nitrogens with one attached hydrogen (secondary N) is 1. The molecule has 5 N–H and O–H groups in total. The lowest BCUT2D eigenvalue weighted by molar-refractivity contribution is 0.0954. The summed E-state index contributed by atoms with van der Waals surface area (Å²) in [6.07, 6.45) is 3.10. The van der Waals surface area contributed by atoms with E-state index in [0.29, 0.717) is 18.7 Å². The molecule has 80 valence electrons. The highest BCUT2D eigenvalue weighted by Gasteiger charge is 2.02. The van der Waals surface area contributed by atoms with Gasteiger partial charge in [0.05, 0.1) is 12.1 Å². The third-order valence-electron chi connectivity index (χ3n) is 1.62. The summed E-state index contributed by atoms with van der Waals surface area (Å²) in [5, 5.41) is 2.66. The van der Waals surface area contributed by atoms with Gasteiger partial charge in [-0.15, -0.1) is 0 Å². The molecular formula is C9H13N5O. The summed E-state index contributed by atoms with van der Waals surface area (Å²) >= 11 is 0. The highest BCUT2D eigenvalue weighted by atomic mass is 16.1. The van der Waals surface area contributed by atoms with Gasteiger partial charge >= 0.3 is 0 Å². The maximum atomic E-state index is 11.4. The summed E-state index contributed by atoms with van der Waals surface area (Å²) in [6, 6.07) is 3.38. The van der Waals surface area contributed by atoms with Crippen LogP contribution in [0.15, 0.2) is 29.5 Å². The minimum Gasteiger partial charge on any atom is -0.370 e. The lowest BCUT2D eigenvalue weighted by atomic mass is 10.3. The number of nitrogens with two attached hydrogens (primary N) is 2. The van der Waals surface area contributed by atoms with Crippen LogP contribution in [0.2, 0.25) is 0 Å². The van der Waals surface area contributed by atoms with Crippen LogP contribution in [0.4, 0.5) is 0 Å². The van der Waals surface area contributed by atoms with Crippen molar-refractivity contribution in [3.8, 4) is 0 Å². The molecule has 6 nitrogen and oxygen atoms in total. The molecule has 0 bridgehead atoms. The van der Waals surface area contributed by atoms with Crippen LogP contribution in [0, 0.1) is 0 Å². The molecule has 15 heavy (non-hydrogen) atoms. The molecule has 0 atom stereocenters. The predicted octanol–water partition coefficient (Wildman–Crippen LogP) is -0.915. The van der Waals surface area contributed by atoms with E-state index in [1.54, 1.807) is 18.3 Å². The third-order valence-corrected chi connectivity index (χ3v) is 1.62. The molecule has 0 aliphatic heterocycles. The smallest absolute Gasteiger partial charge is 0.252 e. The Morgan fingerprint density at radius 3 is 2.93 bits per heavy atom. The average Bonchev–Trinajstić information content (AvgIpc) is 2.25. The Kier molecular flexibility index (Phi) is 4.08. The van der Waals surface area contributed by atoms with E-state index in [0.717, 1.165) is 0 Å². The number of hydrogen-bond acceptors (Lipinski definition) is 3. The van der Waals surface area contributed by atoms with Gasteiger partial charge in [0, 0.05) is 18.9 Å². The van der Waals surface area contributed by atoms with Gasteiger partial charge in [-0.1, -0.05) is 0 Å². The van der Waals surface area contributed by atoms with Crippen molar-refractivity contribution in [3.63, 3.8) is 0 Å². The second kappa shape index (κ2) is 5.58. The fraction of sp³-hybridized carbons (Fsp3) is 0.222. The molecule has 0 unspecified atom stereocenters. The number of carbonyl (C=O) groups excluding carboxylic acids is 1. The molecule has 1 aromatic rings. The molecule has 1 rings (SSSR count). The van der Waals surface area contributed by atoms with Gasteiger partial charge in [0.2, 0.25) is 0 Å². The monoisotopic (exact) mass is 207 g/mol. The van der Waals surface area contributed by atoms with Gasteiger partial charge in [-0.25, -0.2) is 0 Å². The van der Waals surface area contributed by atoms with Crippen LogP contribution in [0.1, 0.15) is 10.4 Å². The number of amides is 1. The van der Waals surface area contributed by atoms with E-state index in [1.165, 1.54) is 6.20 Å². The largest absolute Gasteiger partial charge is 0.370 e. The van der Waals surface area contributed by atoms with Crippen LogP contribution in [0.25, 0.3) is 0 Å². The fourth-order valence-electron chi connectivity index (χ4n) is 0.954. The first-order chi connectivity index (χ1) is 7.20. The van der Waals surface area contributed by atoms with E-state index >= 15 is 0 Å². The quantitative estimate of drug-likeness (QED) is 0.337.